The first kappa shape index (κ1) is 17.0. The molecule has 0 bridgehead atoms. The summed E-state index contributed by atoms with van der Waals surface area (Å²) in [4.78, 5) is 26.6. The second-order valence-electron chi connectivity index (χ2n) is 6.10. The van der Waals surface area contributed by atoms with Crippen molar-refractivity contribution in [2.75, 3.05) is 6.54 Å². The molecule has 26 heavy (non-hydrogen) atoms. The molecule has 7 nitrogen and oxygen atoms in total. The number of rotatable bonds is 7. The minimum atomic E-state index is -0.244. The second-order valence-corrected chi connectivity index (χ2v) is 8.08. The van der Waals surface area contributed by atoms with Crippen LogP contribution in [0.3, 0.4) is 0 Å². The van der Waals surface area contributed by atoms with Gasteiger partial charge in [-0.25, -0.2) is 14.3 Å². The number of aromatic nitrogens is 3. The molecule has 0 saturated heterocycles. The Balaban J connectivity index is 1.37. The van der Waals surface area contributed by atoms with Gasteiger partial charge < -0.3 is 10.6 Å². The smallest absolute Gasteiger partial charge is 0.336 e. The predicted molar refractivity (Wildman–Crippen MR) is 103 cm³/mol. The van der Waals surface area contributed by atoms with Crippen LogP contribution in [-0.4, -0.2) is 26.9 Å². The van der Waals surface area contributed by atoms with Crippen LogP contribution in [0.15, 0.2) is 39.8 Å². The van der Waals surface area contributed by atoms with E-state index in [2.05, 4.69) is 15.7 Å². The first-order valence-electron chi connectivity index (χ1n) is 8.49. The maximum Gasteiger partial charge on any atom is 0.346 e. The SMILES string of the molecule is O=C(NCCn1nc(-c2cccs2)n(C2CC2)c1=O)NCc1cccs1. The average Bonchev–Trinajstić information content (AvgIpc) is 3.07. The fourth-order valence-corrected chi connectivity index (χ4v) is 4.07. The zero-order chi connectivity index (χ0) is 17.9. The molecule has 1 fully saturated rings. The summed E-state index contributed by atoms with van der Waals surface area (Å²) >= 11 is 3.18. The number of carbonyl (C=O) groups excluding carboxylic acids is 1. The van der Waals surface area contributed by atoms with Crippen LogP contribution in [0.5, 0.6) is 0 Å². The monoisotopic (exact) mass is 389 g/mol. The van der Waals surface area contributed by atoms with E-state index in [9.17, 15) is 9.59 Å². The normalized spacial score (nSPS) is 13.7. The highest BCUT2D eigenvalue weighted by Crippen LogP contribution is 2.37. The number of amides is 2. The van der Waals surface area contributed by atoms with E-state index < -0.39 is 0 Å². The molecule has 3 aromatic rings. The van der Waals surface area contributed by atoms with E-state index in [0.29, 0.717) is 19.6 Å². The van der Waals surface area contributed by atoms with Crippen LogP contribution in [0.1, 0.15) is 23.8 Å². The molecule has 136 valence electrons. The van der Waals surface area contributed by atoms with E-state index in [1.165, 1.54) is 4.68 Å². The predicted octanol–water partition coefficient (Wildman–Crippen LogP) is 2.67. The lowest BCUT2D eigenvalue weighted by molar-refractivity contribution is 0.240. The molecular formula is C17H19N5O2S2. The molecular weight excluding hydrogens is 370 g/mol. The van der Waals surface area contributed by atoms with E-state index in [1.807, 2.05) is 35.0 Å². The Bertz CT molecular complexity index is 923. The van der Waals surface area contributed by atoms with Gasteiger partial charge in [0.2, 0.25) is 0 Å². The molecule has 0 aliphatic heterocycles. The van der Waals surface area contributed by atoms with Crippen molar-refractivity contribution < 1.29 is 4.79 Å². The van der Waals surface area contributed by atoms with Crippen LogP contribution < -0.4 is 16.3 Å². The molecule has 0 atom stereocenters. The van der Waals surface area contributed by atoms with Gasteiger partial charge >= 0.3 is 11.7 Å². The maximum atomic E-state index is 12.7. The number of thiophene rings is 2. The number of hydrogen-bond acceptors (Lipinski definition) is 5. The van der Waals surface area contributed by atoms with Gasteiger partial charge in [0.15, 0.2) is 5.82 Å². The Hall–Kier alpha value is -2.39. The Morgan fingerprint density at radius 1 is 1.19 bits per heavy atom. The van der Waals surface area contributed by atoms with Gasteiger partial charge in [0.25, 0.3) is 0 Å². The highest BCUT2D eigenvalue weighted by Gasteiger charge is 2.30. The summed E-state index contributed by atoms with van der Waals surface area (Å²) in [5.41, 5.74) is -0.100. The molecule has 1 saturated carbocycles. The zero-order valence-corrected chi connectivity index (χ0v) is 15.7. The van der Waals surface area contributed by atoms with Gasteiger partial charge in [-0.3, -0.25) is 4.57 Å². The van der Waals surface area contributed by atoms with E-state index in [4.69, 9.17) is 0 Å². The molecule has 4 rings (SSSR count). The zero-order valence-electron chi connectivity index (χ0n) is 14.1. The van der Waals surface area contributed by atoms with Crippen LogP contribution in [-0.2, 0) is 13.1 Å². The van der Waals surface area contributed by atoms with Crippen molar-refractivity contribution in [2.45, 2.75) is 32.0 Å². The van der Waals surface area contributed by atoms with Crippen molar-refractivity contribution in [3.63, 3.8) is 0 Å². The number of carbonyl (C=O) groups is 1. The fraction of sp³-hybridized carbons (Fsp3) is 0.353. The Morgan fingerprint density at radius 3 is 2.69 bits per heavy atom. The van der Waals surface area contributed by atoms with Gasteiger partial charge in [0.05, 0.1) is 18.0 Å². The van der Waals surface area contributed by atoms with Crippen LogP contribution in [0.25, 0.3) is 10.7 Å². The average molecular weight is 390 g/mol. The first-order valence-corrected chi connectivity index (χ1v) is 10.3. The molecule has 1 aliphatic carbocycles. The van der Waals surface area contributed by atoms with E-state index in [1.54, 1.807) is 27.2 Å². The number of nitrogens with zero attached hydrogens (tertiary/aromatic N) is 3. The van der Waals surface area contributed by atoms with Crippen LogP contribution >= 0.6 is 22.7 Å². The summed E-state index contributed by atoms with van der Waals surface area (Å²) < 4.78 is 3.25. The highest BCUT2D eigenvalue weighted by atomic mass is 32.1. The second kappa shape index (κ2) is 7.46. The summed E-state index contributed by atoms with van der Waals surface area (Å²) in [5.74, 6) is 0.731. The molecule has 0 radical (unpaired) electrons. The van der Waals surface area contributed by atoms with E-state index in [-0.39, 0.29) is 17.8 Å². The highest BCUT2D eigenvalue weighted by molar-refractivity contribution is 7.13. The topological polar surface area (TPSA) is 81.0 Å². The minimum Gasteiger partial charge on any atom is -0.336 e. The van der Waals surface area contributed by atoms with Crippen molar-refractivity contribution in [3.05, 3.63) is 50.4 Å². The van der Waals surface area contributed by atoms with Crippen LogP contribution in [0.4, 0.5) is 4.79 Å². The molecule has 0 unspecified atom stereocenters. The quantitative estimate of drug-likeness (QED) is 0.652. The minimum absolute atomic E-state index is 0.100. The van der Waals surface area contributed by atoms with Crippen molar-refractivity contribution in [3.8, 4) is 10.7 Å². The Kier molecular flexibility index (Phi) is 4.89. The lowest BCUT2D eigenvalue weighted by Gasteiger charge is -2.06. The molecule has 2 amide bonds. The van der Waals surface area contributed by atoms with Gasteiger partial charge in [-0.05, 0) is 35.7 Å². The standard InChI is InChI=1S/C17H19N5O2S2/c23-16(19-11-13-3-1-9-25-13)18-7-8-21-17(24)22(12-5-6-12)15(20-21)14-4-2-10-26-14/h1-4,9-10,12H,5-8,11H2,(H2,18,19,23). The van der Waals surface area contributed by atoms with Crippen LogP contribution in [0, 0.1) is 0 Å². The fourth-order valence-electron chi connectivity index (χ4n) is 2.72. The van der Waals surface area contributed by atoms with Crippen molar-refractivity contribution >= 4 is 28.7 Å². The van der Waals surface area contributed by atoms with Gasteiger partial charge in [-0.15, -0.1) is 27.8 Å². The summed E-state index contributed by atoms with van der Waals surface area (Å²) in [6, 6.07) is 7.88. The Labute approximate surface area is 158 Å². The largest absolute Gasteiger partial charge is 0.346 e. The lowest BCUT2D eigenvalue weighted by Crippen LogP contribution is -2.38. The molecule has 0 aromatic carbocycles. The summed E-state index contributed by atoms with van der Waals surface area (Å²) in [7, 11) is 0. The number of urea groups is 1. The van der Waals surface area contributed by atoms with Crippen LogP contribution in [0.2, 0.25) is 0 Å². The van der Waals surface area contributed by atoms with E-state index >= 15 is 0 Å². The summed E-state index contributed by atoms with van der Waals surface area (Å²) in [6.07, 6.45) is 2.04. The van der Waals surface area contributed by atoms with Crippen molar-refractivity contribution in [1.82, 2.24) is 25.0 Å². The number of nitrogens with one attached hydrogen (secondary N) is 2. The first-order chi connectivity index (χ1) is 12.7. The van der Waals surface area contributed by atoms with Gasteiger partial charge in [0, 0.05) is 17.5 Å². The third kappa shape index (κ3) is 3.73. The van der Waals surface area contributed by atoms with E-state index in [0.717, 1.165) is 28.4 Å². The van der Waals surface area contributed by atoms with Gasteiger partial charge in [-0.1, -0.05) is 12.1 Å². The molecule has 1 aliphatic rings. The molecule has 2 N–H and O–H groups in total. The molecule has 3 heterocycles. The third-order valence-corrected chi connectivity index (χ3v) is 5.88. The molecule has 9 heteroatoms. The maximum absolute atomic E-state index is 12.7. The lowest BCUT2D eigenvalue weighted by atomic mass is 10.4. The molecule has 0 spiro atoms. The third-order valence-electron chi connectivity index (χ3n) is 4.14. The summed E-state index contributed by atoms with van der Waals surface area (Å²) in [5, 5.41) is 14.0. The van der Waals surface area contributed by atoms with Crippen molar-refractivity contribution in [1.29, 1.82) is 0 Å². The number of hydrogen-bond donors (Lipinski definition) is 2. The van der Waals surface area contributed by atoms with Gasteiger partial charge in [0.1, 0.15) is 0 Å². The van der Waals surface area contributed by atoms with Crippen molar-refractivity contribution in [2.24, 2.45) is 0 Å². The Morgan fingerprint density at radius 2 is 2.00 bits per heavy atom. The summed E-state index contributed by atoms with van der Waals surface area (Å²) in [6.45, 7) is 1.20. The van der Waals surface area contributed by atoms with Gasteiger partial charge in [-0.2, -0.15) is 0 Å². The molecule has 3 aromatic heterocycles.